The molecule has 4 aromatic rings. The average molecular weight is 584 g/mol. The highest BCUT2D eigenvalue weighted by Gasteiger charge is 2.27. The van der Waals surface area contributed by atoms with Crippen LogP contribution in [0, 0.1) is 3.57 Å². The van der Waals surface area contributed by atoms with Gasteiger partial charge in [-0.1, -0.05) is 60.3 Å². The number of para-hydroxylation sites is 1. The average Bonchev–Trinajstić information content (AvgIpc) is 3.04. The Bertz CT molecular complexity index is 1320. The lowest BCUT2D eigenvalue weighted by atomic mass is 10.1. The molecular weight excluding hydrogens is 563 g/mol. The van der Waals surface area contributed by atoms with E-state index in [1.807, 2.05) is 73.0 Å². The van der Waals surface area contributed by atoms with Gasteiger partial charge in [0.05, 0.1) is 10.7 Å². The standard InChI is InChI=1S/C25H21IN4O3S/c1-31-20-13-16(12-18(26)22(20)32-14-15-8-4-3-5-9-15)23-27-19-11-7-6-10-17(19)21-24(33-23)28-25(34-2)30-29-21/h3-13,23,27H,14H2,1-2H3. The van der Waals surface area contributed by atoms with Crippen molar-refractivity contribution >= 4 is 40.0 Å². The molecule has 0 saturated carbocycles. The third-order valence-electron chi connectivity index (χ3n) is 5.30. The van der Waals surface area contributed by atoms with E-state index < -0.39 is 6.23 Å². The van der Waals surface area contributed by atoms with Gasteiger partial charge in [-0.15, -0.1) is 10.2 Å². The van der Waals surface area contributed by atoms with Crippen molar-refractivity contribution in [2.45, 2.75) is 18.0 Å². The minimum absolute atomic E-state index is 0.431. The zero-order valence-electron chi connectivity index (χ0n) is 18.5. The van der Waals surface area contributed by atoms with E-state index in [1.165, 1.54) is 11.8 Å². The van der Waals surface area contributed by atoms with Crippen LogP contribution in [0.15, 0.2) is 71.9 Å². The van der Waals surface area contributed by atoms with Gasteiger partial charge in [-0.05, 0) is 52.6 Å². The van der Waals surface area contributed by atoms with Crippen molar-refractivity contribution < 1.29 is 14.2 Å². The van der Waals surface area contributed by atoms with Crippen molar-refractivity contribution in [2.75, 3.05) is 18.7 Å². The van der Waals surface area contributed by atoms with Crippen LogP contribution in [0.2, 0.25) is 0 Å². The molecule has 1 unspecified atom stereocenters. The summed E-state index contributed by atoms with van der Waals surface area (Å²) in [5.41, 5.74) is 4.34. The van der Waals surface area contributed by atoms with E-state index in [2.05, 4.69) is 43.1 Å². The second-order valence-electron chi connectivity index (χ2n) is 7.45. The Kier molecular flexibility index (Phi) is 6.73. The zero-order valence-corrected chi connectivity index (χ0v) is 21.5. The highest BCUT2D eigenvalue weighted by Crippen LogP contribution is 2.42. The minimum Gasteiger partial charge on any atom is -0.493 e. The number of fused-ring (bicyclic) bond motifs is 3. The predicted octanol–water partition coefficient (Wildman–Crippen LogP) is 5.96. The molecule has 0 aliphatic carbocycles. The fourth-order valence-electron chi connectivity index (χ4n) is 3.65. The Hall–Kier alpha value is -3.05. The molecule has 0 amide bonds. The van der Waals surface area contributed by atoms with Gasteiger partial charge in [0.15, 0.2) is 23.4 Å². The molecule has 1 aliphatic heterocycles. The van der Waals surface area contributed by atoms with Gasteiger partial charge >= 0.3 is 0 Å². The lowest BCUT2D eigenvalue weighted by Gasteiger charge is -2.21. The van der Waals surface area contributed by atoms with E-state index in [4.69, 9.17) is 14.2 Å². The normalized spacial score (nSPS) is 14.1. The van der Waals surface area contributed by atoms with Crippen LogP contribution < -0.4 is 19.5 Å². The second kappa shape index (κ2) is 10.1. The van der Waals surface area contributed by atoms with Crippen LogP contribution >= 0.6 is 34.4 Å². The summed E-state index contributed by atoms with van der Waals surface area (Å²) < 4.78 is 19.1. The second-order valence-corrected chi connectivity index (χ2v) is 9.38. The van der Waals surface area contributed by atoms with E-state index in [1.54, 1.807) is 7.11 Å². The van der Waals surface area contributed by atoms with Crippen LogP contribution in [-0.2, 0) is 6.61 Å². The summed E-state index contributed by atoms with van der Waals surface area (Å²) in [4.78, 5) is 4.58. The summed E-state index contributed by atoms with van der Waals surface area (Å²) in [5.74, 6) is 1.76. The number of methoxy groups -OCH3 is 1. The molecule has 0 saturated heterocycles. The molecule has 0 fully saturated rings. The van der Waals surface area contributed by atoms with E-state index >= 15 is 0 Å². The molecule has 7 nitrogen and oxygen atoms in total. The van der Waals surface area contributed by atoms with Gasteiger partial charge in [0, 0.05) is 16.8 Å². The number of aromatic nitrogens is 3. The molecule has 1 aromatic heterocycles. The van der Waals surface area contributed by atoms with Crippen molar-refractivity contribution in [1.82, 2.24) is 15.2 Å². The van der Waals surface area contributed by atoms with Crippen molar-refractivity contribution in [2.24, 2.45) is 0 Å². The monoisotopic (exact) mass is 584 g/mol. The number of ether oxygens (including phenoxy) is 3. The SMILES string of the molecule is COc1cc(C2Nc3ccccc3-c3nnc(SC)nc3O2)cc(I)c1OCc1ccccc1. The molecule has 2 heterocycles. The number of anilines is 1. The first-order valence-corrected chi connectivity index (χ1v) is 12.8. The Morgan fingerprint density at radius 1 is 1.06 bits per heavy atom. The lowest BCUT2D eigenvalue weighted by Crippen LogP contribution is -2.17. The number of nitrogens with zero attached hydrogens (tertiary/aromatic N) is 3. The van der Waals surface area contributed by atoms with Gasteiger partial charge < -0.3 is 19.5 Å². The van der Waals surface area contributed by atoms with Crippen molar-refractivity contribution in [1.29, 1.82) is 0 Å². The highest BCUT2D eigenvalue weighted by molar-refractivity contribution is 14.1. The Morgan fingerprint density at radius 2 is 1.85 bits per heavy atom. The molecule has 1 N–H and O–H groups in total. The van der Waals surface area contributed by atoms with Crippen LogP contribution in [0.1, 0.15) is 17.4 Å². The molecule has 172 valence electrons. The molecule has 0 spiro atoms. The number of halogens is 1. The van der Waals surface area contributed by atoms with Gasteiger partial charge in [-0.25, -0.2) is 0 Å². The van der Waals surface area contributed by atoms with E-state index in [0.717, 1.165) is 25.9 Å². The topological polar surface area (TPSA) is 78.4 Å². The predicted molar refractivity (Wildman–Crippen MR) is 141 cm³/mol. The first-order chi connectivity index (χ1) is 16.7. The molecule has 5 rings (SSSR count). The molecule has 0 radical (unpaired) electrons. The van der Waals surface area contributed by atoms with Crippen molar-refractivity contribution in [3.05, 3.63) is 81.4 Å². The Labute approximate surface area is 215 Å². The summed E-state index contributed by atoms with van der Waals surface area (Å²) in [6.07, 6.45) is 1.39. The van der Waals surface area contributed by atoms with Crippen LogP contribution in [0.4, 0.5) is 5.69 Å². The van der Waals surface area contributed by atoms with Crippen molar-refractivity contribution in [3.63, 3.8) is 0 Å². The maximum atomic E-state index is 6.35. The number of benzene rings is 3. The van der Waals surface area contributed by atoms with Gasteiger partial charge in [0.1, 0.15) is 6.61 Å². The van der Waals surface area contributed by atoms with Crippen LogP contribution in [-0.4, -0.2) is 28.5 Å². The minimum atomic E-state index is -0.514. The van der Waals surface area contributed by atoms with Gasteiger partial charge in [0.2, 0.25) is 11.0 Å². The molecule has 34 heavy (non-hydrogen) atoms. The summed E-state index contributed by atoms with van der Waals surface area (Å²) >= 11 is 3.68. The third-order valence-corrected chi connectivity index (χ3v) is 6.64. The summed E-state index contributed by atoms with van der Waals surface area (Å²) in [6, 6.07) is 21.9. The molecule has 1 atom stereocenters. The van der Waals surface area contributed by atoms with Crippen LogP contribution in [0.25, 0.3) is 11.3 Å². The first kappa shape index (κ1) is 22.7. The highest BCUT2D eigenvalue weighted by atomic mass is 127. The van der Waals surface area contributed by atoms with E-state index in [-0.39, 0.29) is 0 Å². The molecular formula is C25H21IN4O3S. The smallest absolute Gasteiger partial charge is 0.247 e. The zero-order chi connectivity index (χ0) is 23.5. The first-order valence-electron chi connectivity index (χ1n) is 10.5. The van der Waals surface area contributed by atoms with Gasteiger partial charge in [0.25, 0.3) is 0 Å². The van der Waals surface area contributed by atoms with Crippen LogP contribution in [0.3, 0.4) is 0 Å². The Morgan fingerprint density at radius 3 is 2.65 bits per heavy atom. The molecule has 0 bridgehead atoms. The van der Waals surface area contributed by atoms with E-state index in [9.17, 15) is 0 Å². The number of hydrogen-bond acceptors (Lipinski definition) is 8. The summed E-state index contributed by atoms with van der Waals surface area (Å²) in [6.45, 7) is 0.450. The fraction of sp³-hybridized carbons (Fsp3) is 0.160. The number of rotatable bonds is 6. The molecule has 1 aliphatic rings. The molecule has 3 aromatic carbocycles. The largest absolute Gasteiger partial charge is 0.493 e. The molecule has 9 heteroatoms. The van der Waals surface area contributed by atoms with Gasteiger partial charge in [-0.2, -0.15) is 4.98 Å². The number of nitrogens with one attached hydrogen (secondary N) is 1. The number of hydrogen-bond donors (Lipinski definition) is 1. The van der Waals surface area contributed by atoms with E-state index in [0.29, 0.717) is 34.8 Å². The van der Waals surface area contributed by atoms with Crippen LogP contribution in [0.5, 0.6) is 17.4 Å². The Balaban J connectivity index is 1.51. The van der Waals surface area contributed by atoms with Crippen molar-refractivity contribution in [3.8, 4) is 28.6 Å². The summed E-state index contributed by atoms with van der Waals surface area (Å²) in [5, 5.41) is 12.6. The number of thioether (sulfide) groups is 1. The third kappa shape index (κ3) is 4.62. The van der Waals surface area contributed by atoms with Gasteiger partial charge in [-0.3, -0.25) is 0 Å². The lowest BCUT2D eigenvalue weighted by molar-refractivity contribution is 0.223. The quantitative estimate of drug-likeness (QED) is 0.220. The maximum Gasteiger partial charge on any atom is 0.247 e. The fourth-order valence-corrected chi connectivity index (χ4v) is 4.72. The maximum absolute atomic E-state index is 6.35. The summed E-state index contributed by atoms with van der Waals surface area (Å²) in [7, 11) is 1.64.